The third-order valence-corrected chi connectivity index (χ3v) is 11.7. The molecule has 0 heterocycles. The van der Waals surface area contributed by atoms with Crippen LogP contribution in [0.2, 0.25) is 24.2 Å². The average molecular weight is 280 g/mol. The highest BCUT2D eigenvalue weighted by atomic mass is 28.4. The Morgan fingerprint density at radius 2 is 1.24 bits per heavy atom. The van der Waals surface area contributed by atoms with Gasteiger partial charge in [0.1, 0.15) is 8.24 Å². The van der Waals surface area contributed by atoms with Crippen LogP contribution in [0.1, 0.15) is 20.8 Å². The molecule has 0 rings (SSSR count). The lowest BCUT2D eigenvalue weighted by atomic mass is 10.8. The topological polar surface area (TPSA) is 39.7 Å². The number of nitrogens with one attached hydrogen (secondary N) is 1. The second kappa shape index (κ2) is 8.39. The van der Waals surface area contributed by atoms with Crippen LogP contribution in [0.5, 0.6) is 0 Å². The van der Waals surface area contributed by atoms with Gasteiger partial charge in [-0.15, -0.1) is 0 Å². The minimum absolute atomic E-state index is 0.839. The molecule has 104 valence electrons. The molecule has 0 bridgehead atoms. The summed E-state index contributed by atoms with van der Waals surface area (Å²) in [4.78, 5) is 3.77. The van der Waals surface area contributed by atoms with Gasteiger partial charge in [0, 0.05) is 27.4 Å². The van der Waals surface area contributed by atoms with E-state index in [4.69, 9.17) is 13.3 Å². The Labute approximate surface area is 108 Å². The minimum Gasteiger partial charge on any atom is -0.377 e. The van der Waals surface area contributed by atoms with Gasteiger partial charge in [-0.05, 0) is 24.7 Å². The van der Waals surface area contributed by atoms with Gasteiger partial charge in [-0.1, -0.05) is 20.8 Å². The Hall–Kier alpha value is 0.274. The molecule has 4 nitrogen and oxygen atoms in total. The van der Waals surface area contributed by atoms with E-state index >= 15 is 0 Å². The maximum Gasteiger partial charge on any atom is 0.501 e. The fraction of sp³-hybridized carbons (Fsp3) is 1.00. The van der Waals surface area contributed by atoms with Crippen LogP contribution >= 0.6 is 0 Å². The standard InChI is InChI=1S/C11H29NO3Si2/c1-7-16(8-2,9-3)12-10-11-17(13-4,14-5)15-6/h12H,7-11H2,1-6H3. The van der Waals surface area contributed by atoms with Crippen LogP contribution < -0.4 is 4.98 Å². The summed E-state index contributed by atoms with van der Waals surface area (Å²) in [6.45, 7) is 7.81. The highest BCUT2D eigenvalue weighted by Crippen LogP contribution is 2.18. The van der Waals surface area contributed by atoms with Gasteiger partial charge in [0.2, 0.25) is 0 Å². The van der Waals surface area contributed by atoms with Crippen LogP contribution in [0, 0.1) is 0 Å². The van der Waals surface area contributed by atoms with E-state index in [1.54, 1.807) is 21.3 Å². The Morgan fingerprint density at radius 3 is 1.53 bits per heavy atom. The minimum atomic E-state index is -2.40. The van der Waals surface area contributed by atoms with Gasteiger partial charge in [0.05, 0.1) is 0 Å². The SMILES string of the molecule is CC[Si](CC)(CC)NCC[Si](OC)(OC)OC. The molecule has 17 heavy (non-hydrogen) atoms. The smallest absolute Gasteiger partial charge is 0.377 e. The molecule has 6 heteroatoms. The van der Waals surface area contributed by atoms with Crippen LogP contribution in [0.3, 0.4) is 0 Å². The summed E-state index contributed by atoms with van der Waals surface area (Å²) in [5, 5.41) is 0. The van der Waals surface area contributed by atoms with Gasteiger partial charge < -0.3 is 18.3 Å². The first kappa shape index (κ1) is 17.3. The van der Waals surface area contributed by atoms with Crippen molar-refractivity contribution < 1.29 is 13.3 Å². The molecule has 0 aromatic heterocycles. The summed E-state index contributed by atoms with van der Waals surface area (Å²) in [6, 6.07) is 4.68. The van der Waals surface area contributed by atoms with Gasteiger partial charge >= 0.3 is 8.80 Å². The second-order valence-corrected chi connectivity index (χ2v) is 12.4. The lowest BCUT2D eigenvalue weighted by Crippen LogP contribution is -2.52. The molecule has 0 aliphatic heterocycles. The molecule has 0 aliphatic rings. The largest absolute Gasteiger partial charge is 0.501 e. The Morgan fingerprint density at radius 1 is 0.824 bits per heavy atom. The molecule has 0 aliphatic carbocycles. The quantitative estimate of drug-likeness (QED) is 0.624. The van der Waals surface area contributed by atoms with Crippen molar-refractivity contribution in [2.45, 2.75) is 44.9 Å². The van der Waals surface area contributed by atoms with Crippen molar-refractivity contribution in [2.75, 3.05) is 27.9 Å². The van der Waals surface area contributed by atoms with E-state index in [0.29, 0.717) is 0 Å². The fourth-order valence-corrected chi connectivity index (χ4v) is 6.86. The summed E-state index contributed by atoms with van der Waals surface area (Å²) in [5.41, 5.74) is 0. The third kappa shape index (κ3) is 4.80. The molecular weight excluding hydrogens is 250 g/mol. The summed E-state index contributed by atoms with van der Waals surface area (Å²) in [6.07, 6.45) is 0. The highest BCUT2D eigenvalue weighted by molar-refractivity contribution is 6.77. The van der Waals surface area contributed by atoms with Crippen LogP contribution in [-0.4, -0.2) is 44.9 Å². The van der Waals surface area contributed by atoms with Crippen molar-refractivity contribution in [1.29, 1.82) is 0 Å². The normalized spacial score (nSPS) is 13.1. The first-order valence-corrected chi connectivity index (χ1v) is 11.0. The van der Waals surface area contributed by atoms with Gasteiger partial charge in [-0.2, -0.15) is 0 Å². The van der Waals surface area contributed by atoms with E-state index in [2.05, 4.69) is 25.8 Å². The maximum absolute atomic E-state index is 5.42. The van der Waals surface area contributed by atoms with Crippen molar-refractivity contribution >= 4 is 17.0 Å². The molecule has 0 amide bonds. The monoisotopic (exact) mass is 279 g/mol. The number of hydrogen-bond acceptors (Lipinski definition) is 4. The molecule has 0 radical (unpaired) electrons. The Bertz CT molecular complexity index is 161. The molecule has 0 aromatic rings. The first-order chi connectivity index (χ1) is 8.07. The molecule has 0 atom stereocenters. The maximum atomic E-state index is 5.42. The summed E-state index contributed by atoms with van der Waals surface area (Å²) < 4.78 is 16.3. The molecule has 0 spiro atoms. The number of rotatable bonds is 10. The predicted octanol–water partition coefficient (Wildman–Crippen LogP) is 2.46. The van der Waals surface area contributed by atoms with Crippen LogP contribution in [0.15, 0.2) is 0 Å². The van der Waals surface area contributed by atoms with Crippen LogP contribution in [0.4, 0.5) is 0 Å². The zero-order valence-electron chi connectivity index (χ0n) is 12.3. The van der Waals surface area contributed by atoms with Crippen molar-refractivity contribution in [3.8, 4) is 0 Å². The third-order valence-electron chi connectivity index (χ3n) is 3.89. The van der Waals surface area contributed by atoms with E-state index in [-0.39, 0.29) is 0 Å². The van der Waals surface area contributed by atoms with Gasteiger partial charge in [-0.25, -0.2) is 0 Å². The molecule has 0 saturated carbocycles. The van der Waals surface area contributed by atoms with Crippen molar-refractivity contribution in [3.05, 3.63) is 0 Å². The van der Waals surface area contributed by atoms with E-state index in [0.717, 1.165) is 12.6 Å². The van der Waals surface area contributed by atoms with Gasteiger partial charge in [-0.3, -0.25) is 0 Å². The molecular formula is C11H29NO3Si2. The van der Waals surface area contributed by atoms with E-state index in [9.17, 15) is 0 Å². The lowest BCUT2D eigenvalue weighted by molar-refractivity contribution is 0.124. The molecule has 1 N–H and O–H groups in total. The fourth-order valence-electron chi connectivity index (χ4n) is 2.16. The van der Waals surface area contributed by atoms with Gasteiger partial charge in [0.15, 0.2) is 0 Å². The van der Waals surface area contributed by atoms with Gasteiger partial charge in [0.25, 0.3) is 0 Å². The van der Waals surface area contributed by atoms with Crippen molar-refractivity contribution in [2.24, 2.45) is 0 Å². The second-order valence-electron chi connectivity index (χ2n) is 4.31. The van der Waals surface area contributed by atoms with Crippen LogP contribution in [0.25, 0.3) is 0 Å². The first-order valence-electron chi connectivity index (χ1n) is 6.48. The van der Waals surface area contributed by atoms with Crippen LogP contribution in [-0.2, 0) is 13.3 Å². The molecule has 0 saturated heterocycles. The van der Waals surface area contributed by atoms with E-state index in [1.807, 2.05) is 0 Å². The van der Waals surface area contributed by atoms with E-state index < -0.39 is 17.0 Å². The number of hydrogen-bond donors (Lipinski definition) is 1. The Balaban J connectivity index is 4.28. The molecule has 0 fully saturated rings. The summed E-state index contributed by atoms with van der Waals surface area (Å²) in [5.74, 6) is 0. The van der Waals surface area contributed by atoms with Crippen molar-refractivity contribution in [3.63, 3.8) is 0 Å². The zero-order valence-corrected chi connectivity index (χ0v) is 14.3. The Kier molecular flexibility index (Phi) is 8.52. The van der Waals surface area contributed by atoms with E-state index in [1.165, 1.54) is 18.1 Å². The molecule has 0 unspecified atom stereocenters. The molecule has 0 aromatic carbocycles. The van der Waals surface area contributed by atoms with Crippen molar-refractivity contribution in [1.82, 2.24) is 4.98 Å². The predicted molar refractivity (Wildman–Crippen MR) is 76.8 cm³/mol. The summed E-state index contributed by atoms with van der Waals surface area (Å²) in [7, 11) is 1.36. The zero-order chi connectivity index (χ0) is 13.4. The average Bonchev–Trinajstić information content (AvgIpc) is 2.41. The highest BCUT2D eigenvalue weighted by Gasteiger charge is 2.38. The lowest BCUT2D eigenvalue weighted by Gasteiger charge is -2.31. The summed E-state index contributed by atoms with van der Waals surface area (Å²) >= 11 is 0.